The predicted octanol–water partition coefficient (Wildman–Crippen LogP) is 3.47. The number of hydrogen-bond acceptors (Lipinski definition) is 5. The Kier molecular flexibility index (Phi) is 6.73. The van der Waals surface area contributed by atoms with Crippen LogP contribution in [0.1, 0.15) is 12.5 Å². The number of hydrogen-bond donors (Lipinski definition) is 1. The maximum atomic E-state index is 12.5. The summed E-state index contributed by atoms with van der Waals surface area (Å²) in [6, 6.07) is 4.02. The predicted molar refractivity (Wildman–Crippen MR) is 78.9 cm³/mol. The number of ether oxygens (including phenoxy) is 1. The molecule has 0 saturated heterocycles. The minimum absolute atomic E-state index is 0.0333. The summed E-state index contributed by atoms with van der Waals surface area (Å²) < 4.78 is 42.0. The molecular weight excluding hydrogens is 351 g/mol. The standard InChI is InChI=1S/C14H11ClF3N3O3/c1-2-24-13(23)21-12(22)8(6-19)7-20-11-4-3-9(5-10(11)15)14(16,17)18/h3-5,7-8H,2H2,1H3,(H,21,22,23). The van der Waals surface area contributed by atoms with Crippen LogP contribution in [0.3, 0.4) is 0 Å². The average Bonchev–Trinajstić information content (AvgIpc) is 2.48. The molecule has 1 aromatic carbocycles. The third kappa shape index (κ3) is 5.55. The van der Waals surface area contributed by atoms with Crippen molar-refractivity contribution in [2.45, 2.75) is 13.1 Å². The fourth-order valence-electron chi connectivity index (χ4n) is 1.45. The van der Waals surface area contributed by atoms with Gasteiger partial charge in [0.15, 0.2) is 5.92 Å². The molecule has 1 unspecified atom stereocenters. The molecule has 0 aliphatic heterocycles. The van der Waals surface area contributed by atoms with Gasteiger partial charge in [0.05, 0.1) is 28.9 Å². The van der Waals surface area contributed by atoms with Crippen molar-refractivity contribution in [1.29, 1.82) is 5.26 Å². The number of carbonyl (C=O) groups excluding carboxylic acids is 2. The van der Waals surface area contributed by atoms with E-state index in [4.69, 9.17) is 16.9 Å². The van der Waals surface area contributed by atoms with Gasteiger partial charge in [0.2, 0.25) is 0 Å². The van der Waals surface area contributed by atoms with Crippen LogP contribution in [0.15, 0.2) is 23.2 Å². The molecule has 0 bridgehead atoms. The van der Waals surface area contributed by atoms with E-state index >= 15 is 0 Å². The van der Waals surface area contributed by atoms with Crippen LogP contribution in [0.25, 0.3) is 0 Å². The van der Waals surface area contributed by atoms with Crippen molar-refractivity contribution >= 4 is 35.5 Å². The molecule has 128 valence electrons. The van der Waals surface area contributed by atoms with E-state index in [1.165, 1.54) is 6.92 Å². The van der Waals surface area contributed by atoms with Crippen molar-refractivity contribution in [3.63, 3.8) is 0 Å². The molecule has 2 amide bonds. The maximum absolute atomic E-state index is 12.5. The molecular formula is C14H11ClF3N3O3. The van der Waals surface area contributed by atoms with E-state index in [1.807, 2.05) is 5.32 Å². The van der Waals surface area contributed by atoms with Crippen molar-refractivity contribution in [3.8, 4) is 6.07 Å². The number of aliphatic imine (C=N–C) groups is 1. The molecule has 1 rings (SSSR count). The lowest BCUT2D eigenvalue weighted by Crippen LogP contribution is -2.36. The topological polar surface area (TPSA) is 91.5 Å². The molecule has 0 saturated carbocycles. The second kappa shape index (κ2) is 8.31. The number of alkyl halides is 3. The fourth-order valence-corrected chi connectivity index (χ4v) is 1.68. The highest BCUT2D eigenvalue weighted by atomic mass is 35.5. The van der Waals surface area contributed by atoms with Gasteiger partial charge < -0.3 is 4.74 Å². The van der Waals surface area contributed by atoms with Gasteiger partial charge in [-0.2, -0.15) is 18.4 Å². The van der Waals surface area contributed by atoms with Gasteiger partial charge in [-0.25, -0.2) is 4.79 Å². The highest BCUT2D eigenvalue weighted by molar-refractivity contribution is 6.33. The Bertz CT molecular complexity index is 699. The van der Waals surface area contributed by atoms with Crippen LogP contribution in [0.2, 0.25) is 5.02 Å². The first-order valence-electron chi connectivity index (χ1n) is 6.47. The zero-order chi connectivity index (χ0) is 18.3. The van der Waals surface area contributed by atoms with Gasteiger partial charge in [-0.05, 0) is 25.1 Å². The van der Waals surface area contributed by atoms with Crippen LogP contribution in [0, 0.1) is 17.2 Å². The largest absolute Gasteiger partial charge is 0.450 e. The minimum Gasteiger partial charge on any atom is -0.450 e. The first kappa shape index (κ1) is 19.4. The number of nitriles is 1. The Morgan fingerprint density at radius 3 is 2.67 bits per heavy atom. The molecule has 1 aromatic rings. The summed E-state index contributed by atoms with van der Waals surface area (Å²) in [7, 11) is 0. The van der Waals surface area contributed by atoms with E-state index in [1.54, 1.807) is 6.07 Å². The van der Waals surface area contributed by atoms with E-state index in [-0.39, 0.29) is 17.3 Å². The summed E-state index contributed by atoms with van der Waals surface area (Å²) in [5, 5.41) is 10.4. The molecule has 0 fully saturated rings. The van der Waals surface area contributed by atoms with Gasteiger partial charge in [0.1, 0.15) is 0 Å². The molecule has 0 aromatic heterocycles. The number of rotatable bonds is 4. The number of carbonyl (C=O) groups is 2. The van der Waals surface area contributed by atoms with E-state index in [0.717, 1.165) is 18.3 Å². The second-order valence-corrected chi connectivity index (χ2v) is 4.67. The van der Waals surface area contributed by atoms with Crippen molar-refractivity contribution in [2.75, 3.05) is 6.61 Å². The monoisotopic (exact) mass is 361 g/mol. The number of alkyl carbamates (subject to hydrolysis) is 1. The van der Waals surface area contributed by atoms with Crippen LogP contribution in [-0.4, -0.2) is 24.8 Å². The number of nitrogens with one attached hydrogen (secondary N) is 1. The normalized spacial score (nSPS) is 12.5. The third-order valence-electron chi connectivity index (χ3n) is 2.56. The number of amides is 2. The Balaban J connectivity index is 2.88. The first-order valence-corrected chi connectivity index (χ1v) is 6.85. The number of halogens is 4. The lowest BCUT2D eigenvalue weighted by molar-refractivity contribution is -0.137. The summed E-state index contributed by atoms with van der Waals surface area (Å²) in [6.45, 7) is 1.56. The SMILES string of the molecule is CCOC(=O)NC(=O)C(C#N)C=Nc1ccc(C(F)(F)F)cc1Cl. The molecule has 0 aliphatic carbocycles. The van der Waals surface area contributed by atoms with E-state index in [9.17, 15) is 22.8 Å². The fraction of sp³-hybridized carbons (Fsp3) is 0.286. The second-order valence-electron chi connectivity index (χ2n) is 4.26. The summed E-state index contributed by atoms with van der Waals surface area (Å²) in [4.78, 5) is 26.5. The van der Waals surface area contributed by atoms with Gasteiger partial charge in [-0.1, -0.05) is 11.6 Å². The van der Waals surface area contributed by atoms with Crippen LogP contribution in [0.4, 0.5) is 23.7 Å². The summed E-state index contributed by atoms with van der Waals surface area (Å²) in [6.07, 6.45) is -4.72. The smallest absolute Gasteiger partial charge is 0.416 e. The highest BCUT2D eigenvalue weighted by Crippen LogP contribution is 2.34. The molecule has 0 heterocycles. The molecule has 0 radical (unpaired) electrons. The van der Waals surface area contributed by atoms with Gasteiger partial charge >= 0.3 is 12.3 Å². The van der Waals surface area contributed by atoms with Gasteiger partial charge in [-0.3, -0.25) is 15.1 Å². The molecule has 6 nitrogen and oxygen atoms in total. The Hall–Kier alpha value is -2.60. The van der Waals surface area contributed by atoms with E-state index < -0.39 is 29.7 Å². The van der Waals surface area contributed by atoms with Crippen LogP contribution in [-0.2, 0) is 15.7 Å². The number of imide groups is 1. The maximum Gasteiger partial charge on any atom is 0.416 e. The summed E-state index contributed by atoms with van der Waals surface area (Å²) in [5.74, 6) is -2.43. The zero-order valence-electron chi connectivity index (χ0n) is 12.2. The number of benzene rings is 1. The van der Waals surface area contributed by atoms with Crippen molar-refractivity contribution in [3.05, 3.63) is 28.8 Å². The van der Waals surface area contributed by atoms with Gasteiger partial charge in [-0.15, -0.1) is 0 Å². The molecule has 0 spiro atoms. The van der Waals surface area contributed by atoms with Gasteiger partial charge in [0, 0.05) is 6.21 Å². The molecule has 0 aliphatic rings. The van der Waals surface area contributed by atoms with Crippen LogP contribution >= 0.6 is 11.6 Å². The third-order valence-corrected chi connectivity index (χ3v) is 2.86. The molecule has 1 N–H and O–H groups in total. The minimum atomic E-state index is -4.55. The zero-order valence-corrected chi connectivity index (χ0v) is 13.0. The molecule has 24 heavy (non-hydrogen) atoms. The lowest BCUT2D eigenvalue weighted by Gasteiger charge is -2.08. The Labute approximate surface area is 139 Å². The average molecular weight is 362 g/mol. The summed E-state index contributed by atoms with van der Waals surface area (Å²) >= 11 is 5.70. The van der Waals surface area contributed by atoms with Crippen molar-refractivity contribution in [2.24, 2.45) is 10.9 Å². The summed E-state index contributed by atoms with van der Waals surface area (Å²) in [5.41, 5.74) is -1.02. The van der Waals surface area contributed by atoms with Crippen molar-refractivity contribution in [1.82, 2.24) is 5.32 Å². The quantitative estimate of drug-likeness (QED) is 0.831. The van der Waals surface area contributed by atoms with Gasteiger partial charge in [0.25, 0.3) is 5.91 Å². The lowest BCUT2D eigenvalue weighted by atomic mass is 10.1. The Morgan fingerprint density at radius 2 is 2.17 bits per heavy atom. The first-order chi connectivity index (χ1) is 11.2. The molecule has 10 heteroatoms. The Morgan fingerprint density at radius 1 is 1.50 bits per heavy atom. The van der Waals surface area contributed by atoms with Crippen molar-refractivity contribution < 1.29 is 27.5 Å². The van der Waals surface area contributed by atoms with E-state index in [0.29, 0.717) is 6.07 Å². The van der Waals surface area contributed by atoms with Crippen LogP contribution in [0.5, 0.6) is 0 Å². The number of nitrogens with zero attached hydrogens (tertiary/aromatic N) is 2. The highest BCUT2D eigenvalue weighted by Gasteiger charge is 2.30. The van der Waals surface area contributed by atoms with E-state index in [2.05, 4.69) is 9.73 Å². The van der Waals surface area contributed by atoms with Crippen LogP contribution < -0.4 is 5.32 Å². The molecule has 1 atom stereocenters.